The molecular formula is C14H20O2. The lowest BCUT2D eigenvalue weighted by Crippen LogP contribution is -2.47. The van der Waals surface area contributed by atoms with Crippen LogP contribution in [0, 0.1) is 17.8 Å². The van der Waals surface area contributed by atoms with E-state index in [1.165, 1.54) is 12.0 Å². The second-order valence-electron chi connectivity index (χ2n) is 5.88. The van der Waals surface area contributed by atoms with E-state index in [4.69, 9.17) is 9.47 Å². The summed E-state index contributed by atoms with van der Waals surface area (Å²) in [5.74, 6) is 1.14. The van der Waals surface area contributed by atoms with Crippen LogP contribution in [0.3, 0.4) is 0 Å². The molecule has 2 heteroatoms. The van der Waals surface area contributed by atoms with Crippen LogP contribution in [0.4, 0.5) is 0 Å². The summed E-state index contributed by atoms with van der Waals surface area (Å²) in [5, 5.41) is 0. The molecule has 0 amide bonds. The summed E-state index contributed by atoms with van der Waals surface area (Å²) in [6, 6.07) is 0. The van der Waals surface area contributed by atoms with Gasteiger partial charge in [-0.05, 0) is 33.1 Å². The molecule has 1 saturated heterocycles. The first-order valence-electron chi connectivity index (χ1n) is 6.17. The van der Waals surface area contributed by atoms with E-state index in [9.17, 15) is 0 Å². The van der Waals surface area contributed by atoms with Crippen molar-refractivity contribution in [1.82, 2.24) is 0 Å². The lowest BCUT2D eigenvalue weighted by Gasteiger charge is -2.44. The molecule has 0 unspecified atom stereocenters. The van der Waals surface area contributed by atoms with Crippen molar-refractivity contribution in [2.75, 3.05) is 0 Å². The van der Waals surface area contributed by atoms with Crippen LogP contribution in [0.25, 0.3) is 0 Å². The Labute approximate surface area is 97.3 Å². The number of fused-ring (bicyclic) bond motifs is 1. The highest BCUT2D eigenvalue weighted by atomic mass is 16.8. The summed E-state index contributed by atoms with van der Waals surface area (Å²) in [6.45, 7) is 10.3. The standard InChI is InChI=1S/C14H20O2/c1-8(2)11-7-9-5-6-10(11)13-12(9)15-14(3,4)16-13/h5-6,9-13H,1,7H2,2-4H3/t9-,10+,11+,12-,13+/m0/s1. The van der Waals surface area contributed by atoms with Crippen LogP contribution in [-0.2, 0) is 9.47 Å². The van der Waals surface area contributed by atoms with E-state index in [1.807, 2.05) is 13.8 Å². The highest BCUT2D eigenvalue weighted by Crippen LogP contribution is 2.50. The fraction of sp³-hybridized carbons (Fsp3) is 0.714. The summed E-state index contributed by atoms with van der Waals surface area (Å²) >= 11 is 0. The van der Waals surface area contributed by atoms with Crippen LogP contribution in [0.1, 0.15) is 27.2 Å². The number of hydrogen-bond acceptors (Lipinski definition) is 2. The predicted octanol–water partition coefficient (Wildman–Crippen LogP) is 2.90. The third-order valence-corrected chi connectivity index (χ3v) is 4.17. The Balaban J connectivity index is 1.92. The van der Waals surface area contributed by atoms with Gasteiger partial charge in [-0.15, -0.1) is 0 Å². The average molecular weight is 220 g/mol. The summed E-state index contributed by atoms with van der Waals surface area (Å²) in [4.78, 5) is 0. The fourth-order valence-corrected chi connectivity index (χ4v) is 3.49. The van der Waals surface area contributed by atoms with Crippen molar-refractivity contribution in [3.8, 4) is 0 Å². The summed E-state index contributed by atoms with van der Waals surface area (Å²) in [6.07, 6.45) is 6.31. The minimum atomic E-state index is -0.415. The van der Waals surface area contributed by atoms with Crippen LogP contribution in [0.2, 0.25) is 0 Å². The molecule has 88 valence electrons. The lowest BCUT2D eigenvalue weighted by atomic mass is 9.64. The highest BCUT2D eigenvalue weighted by Gasteiger charge is 2.54. The van der Waals surface area contributed by atoms with Gasteiger partial charge in [0, 0.05) is 11.8 Å². The maximum absolute atomic E-state index is 6.05. The number of hydrogen-bond donors (Lipinski definition) is 0. The minimum Gasteiger partial charge on any atom is -0.344 e. The van der Waals surface area contributed by atoms with Crippen LogP contribution in [-0.4, -0.2) is 18.0 Å². The second kappa shape index (κ2) is 3.21. The third kappa shape index (κ3) is 1.40. The maximum Gasteiger partial charge on any atom is 0.163 e. The van der Waals surface area contributed by atoms with Crippen LogP contribution in [0.5, 0.6) is 0 Å². The fourth-order valence-electron chi connectivity index (χ4n) is 3.49. The van der Waals surface area contributed by atoms with Gasteiger partial charge in [-0.1, -0.05) is 24.3 Å². The van der Waals surface area contributed by atoms with Gasteiger partial charge in [0.2, 0.25) is 0 Å². The molecule has 5 atom stereocenters. The topological polar surface area (TPSA) is 18.5 Å². The number of rotatable bonds is 1. The Morgan fingerprint density at radius 3 is 2.62 bits per heavy atom. The van der Waals surface area contributed by atoms with Gasteiger partial charge in [0.25, 0.3) is 0 Å². The SMILES string of the molecule is C=C(C)[C@H]1C[C@@H]2C=C[C@H]1[C@H]1OC(C)(C)O[C@H]12. The Bertz CT molecular complexity index is 356. The zero-order chi connectivity index (χ0) is 11.5. The average Bonchev–Trinajstić information content (AvgIpc) is 2.54. The van der Waals surface area contributed by atoms with E-state index >= 15 is 0 Å². The molecule has 0 aromatic carbocycles. The van der Waals surface area contributed by atoms with Crippen molar-refractivity contribution in [2.24, 2.45) is 17.8 Å². The van der Waals surface area contributed by atoms with Gasteiger partial charge in [-0.25, -0.2) is 0 Å². The van der Waals surface area contributed by atoms with E-state index in [1.54, 1.807) is 0 Å². The molecule has 2 nitrogen and oxygen atoms in total. The molecule has 1 saturated carbocycles. The van der Waals surface area contributed by atoms with Crippen LogP contribution < -0.4 is 0 Å². The van der Waals surface area contributed by atoms with Gasteiger partial charge in [0.05, 0.1) is 12.2 Å². The molecule has 0 aromatic heterocycles. The zero-order valence-corrected chi connectivity index (χ0v) is 10.3. The molecule has 2 fully saturated rings. The molecule has 0 radical (unpaired) electrons. The normalized spacial score (nSPS) is 48.1. The first-order valence-corrected chi connectivity index (χ1v) is 6.17. The van der Waals surface area contributed by atoms with Gasteiger partial charge >= 0.3 is 0 Å². The van der Waals surface area contributed by atoms with Crippen LogP contribution >= 0.6 is 0 Å². The third-order valence-electron chi connectivity index (χ3n) is 4.17. The molecule has 4 rings (SSSR count). The van der Waals surface area contributed by atoms with Crippen molar-refractivity contribution < 1.29 is 9.47 Å². The second-order valence-corrected chi connectivity index (χ2v) is 5.88. The molecule has 16 heavy (non-hydrogen) atoms. The first-order chi connectivity index (χ1) is 7.48. The maximum atomic E-state index is 6.05. The van der Waals surface area contributed by atoms with E-state index in [-0.39, 0.29) is 12.2 Å². The lowest BCUT2D eigenvalue weighted by molar-refractivity contribution is -0.148. The molecule has 3 aliphatic carbocycles. The molecule has 0 aromatic rings. The van der Waals surface area contributed by atoms with E-state index in [0.29, 0.717) is 17.8 Å². The van der Waals surface area contributed by atoms with Crippen LogP contribution in [0.15, 0.2) is 24.3 Å². The monoisotopic (exact) mass is 220 g/mol. The zero-order valence-electron chi connectivity index (χ0n) is 10.3. The van der Waals surface area contributed by atoms with Crippen molar-refractivity contribution >= 4 is 0 Å². The molecular weight excluding hydrogens is 200 g/mol. The van der Waals surface area contributed by atoms with Gasteiger partial charge in [-0.2, -0.15) is 0 Å². The number of ether oxygens (including phenoxy) is 2. The largest absolute Gasteiger partial charge is 0.344 e. The van der Waals surface area contributed by atoms with Gasteiger partial charge in [-0.3, -0.25) is 0 Å². The van der Waals surface area contributed by atoms with Gasteiger partial charge < -0.3 is 9.47 Å². The van der Waals surface area contributed by atoms with E-state index in [2.05, 4.69) is 25.7 Å². The smallest absolute Gasteiger partial charge is 0.163 e. The highest BCUT2D eigenvalue weighted by molar-refractivity contribution is 5.21. The predicted molar refractivity (Wildman–Crippen MR) is 62.9 cm³/mol. The summed E-state index contributed by atoms with van der Waals surface area (Å²) < 4.78 is 12.1. The quantitative estimate of drug-likeness (QED) is 0.633. The molecule has 0 spiro atoms. The van der Waals surface area contributed by atoms with E-state index < -0.39 is 5.79 Å². The molecule has 0 N–H and O–H groups in total. The van der Waals surface area contributed by atoms with Crippen molar-refractivity contribution in [1.29, 1.82) is 0 Å². The Hall–Kier alpha value is -0.600. The summed E-state index contributed by atoms with van der Waals surface area (Å²) in [7, 11) is 0. The van der Waals surface area contributed by atoms with Crippen molar-refractivity contribution in [3.05, 3.63) is 24.3 Å². The molecule has 1 heterocycles. The van der Waals surface area contributed by atoms with Gasteiger partial charge in [0.15, 0.2) is 5.79 Å². The molecule has 2 bridgehead atoms. The molecule has 4 aliphatic rings. The number of allylic oxidation sites excluding steroid dienone is 1. The Morgan fingerprint density at radius 2 is 1.94 bits per heavy atom. The first kappa shape index (κ1) is 10.5. The Kier molecular flexibility index (Phi) is 2.11. The molecule has 1 aliphatic heterocycles. The van der Waals surface area contributed by atoms with E-state index in [0.717, 1.165) is 0 Å². The van der Waals surface area contributed by atoms with Crippen molar-refractivity contribution in [2.45, 2.75) is 45.2 Å². The summed E-state index contributed by atoms with van der Waals surface area (Å²) in [5.41, 5.74) is 1.28. The van der Waals surface area contributed by atoms with Gasteiger partial charge in [0.1, 0.15) is 0 Å². The van der Waals surface area contributed by atoms with Crippen molar-refractivity contribution in [3.63, 3.8) is 0 Å². The minimum absolute atomic E-state index is 0.237. The Morgan fingerprint density at radius 1 is 1.25 bits per heavy atom.